The van der Waals surface area contributed by atoms with Crippen molar-refractivity contribution >= 4 is 34.2 Å². The average Bonchev–Trinajstić information content (AvgIpc) is 3.45. The highest BCUT2D eigenvalue weighted by Crippen LogP contribution is 2.44. The fourth-order valence-electron chi connectivity index (χ4n) is 7.01. The second kappa shape index (κ2) is 13.1. The van der Waals surface area contributed by atoms with Crippen LogP contribution in [-0.2, 0) is 10.3 Å². The van der Waals surface area contributed by atoms with Gasteiger partial charge in [0.15, 0.2) is 5.82 Å². The van der Waals surface area contributed by atoms with Gasteiger partial charge in [-0.3, -0.25) is 4.79 Å². The molecule has 0 unspecified atom stereocenters. The predicted octanol–water partition coefficient (Wildman–Crippen LogP) is 8.78. The third-order valence-electron chi connectivity index (χ3n) is 9.30. The van der Waals surface area contributed by atoms with Crippen molar-refractivity contribution in [2.45, 2.75) is 44.3 Å². The fraction of sp³-hybridized carbons (Fsp3) is 0.195. The largest absolute Gasteiger partial charge is 0.312 e. The van der Waals surface area contributed by atoms with E-state index in [1.165, 1.54) is 0 Å². The summed E-state index contributed by atoms with van der Waals surface area (Å²) >= 11 is 6.69. The molecule has 0 atom stereocenters. The summed E-state index contributed by atoms with van der Waals surface area (Å²) in [5, 5.41) is 23.0. The van der Waals surface area contributed by atoms with Gasteiger partial charge in [-0.05, 0) is 65.4 Å². The molecule has 1 aliphatic carbocycles. The Morgan fingerprint density at radius 3 is 1.98 bits per heavy atom. The van der Waals surface area contributed by atoms with E-state index in [4.69, 9.17) is 16.7 Å². The van der Waals surface area contributed by atoms with E-state index in [2.05, 4.69) is 71.6 Å². The number of anilines is 1. The average molecular weight is 650 g/mol. The van der Waals surface area contributed by atoms with Crippen molar-refractivity contribution in [1.82, 2.24) is 15.1 Å². The molecule has 0 bridgehead atoms. The van der Waals surface area contributed by atoms with Gasteiger partial charge in [0.05, 0.1) is 17.1 Å². The minimum absolute atomic E-state index is 0.0389. The van der Waals surface area contributed by atoms with Crippen LogP contribution >= 0.6 is 11.6 Å². The van der Waals surface area contributed by atoms with Gasteiger partial charge in [0.1, 0.15) is 5.54 Å². The molecule has 7 heteroatoms. The Kier molecular flexibility index (Phi) is 8.58. The SMILES string of the molecule is CC(C)NC1CC(C(=O)Nc2nn(C(c3ccccc3)(c3ccccc3)c3ccccc3)c3ccc(-c4cc(C#N)ccc4Cl)cc23)C1. The number of halogens is 1. The fourth-order valence-corrected chi connectivity index (χ4v) is 7.24. The minimum atomic E-state index is -0.881. The van der Waals surface area contributed by atoms with Crippen LogP contribution in [0.2, 0.25) is 5.02 Å². The van der Waals surface area contributed by atoms with E-state index in [1.54, 1.807) is 18.2 Å². The number of fused-ring (bicyclic) bond motifs is 1. The quantitative estimate of drug-likeness (QED) is 0.153. The first-order valence-electron chi connectivity index (χ1n) is 16.3. The summed E-state index contributed by atoms with van der Waals surface area (Å²) in [6.07, 6.45) is 1.57. The second-order valence-electron chi connectivity index (χ2n) is 12.8. The van der Waals surface area contributed by atoms with E-state index >= 15 is 0 Å². The molecule has 7 rings (SSSR count). The summed E-state index contributed by atoms with van der Waals surface area (Å²) in [6, 6.07) is 45.3. The van der Waals surface area contributed by atoms with Crippen LogP contribution in [0.3, 0.4) is 0 Å². The summed E-state index contributed by atoms with van der Waals surface area (Å²) in [4.78, 5) is 13.8. The molecule has 0 spiro atoms. The van der Waals surface area contributed by atoms with Crippen LogP contribution in [0, 0.1) is 17.2 Å². The number of hydrogen-bond donors (Lipinski definition) is 2. The first kappa shape index (κ1) is 31.4. The Bertz CT molecular complexity index is 2020. The van der Waals surface area contributed by atoms with Gasteiger partial charge in [0.2, 0.25) is 5.91 Å². The highest BCUT2D eigenvalue weighted by Gasteiger charge is 2.41. The van der Waals surface area contributed by atoms with Crippen LogP contribution in [0.1, 0.15) is 48.9 Å². The van der Waals surface area contributed by atoms with Crippen molar-refractivity contribution in [2.24, 2.45) is 5.92 Å². The Labute approximate surface area is 286 Å². The van der Waals surface area contributed by atoms with Crippen LogP contribution < -0.4 is 10.6 Å². The zero-order valence-corrected chi connectivity index (χ0v) is 27.7. The van der Waals surface area contributed by atoms with Gasteiger partial charge in [-0.25, -0.2) is 4.68 Å². The van der Waals surface area contributed by atoms with E-state index in [-0.39, 0.29) is 11.8 Å². The number of carbonyl (C=O) groups excluding carboxylic acids is 1. The van der Waals surface area contributed by atoms with Gasteiger partial charge in [0.25, 0.3) is 0 Å². The van der Waals surface area contributed by atoms with Crippen LogP contribution in [0.4, 0.5) is 5.82 Å². The molecule has 0 aliphatic heterocycles. The lowest BCUT2D eigenvalue weighted by Crippen LogP contribution is -2.48. The topological polar surface area (TPSA) is 82.7 Å². The number of benzene rings is 5. The molecule has 48 heavy (non-hydrogen) atoms. The second-order valence-corrected chi connectivity index (χ2v) is 13.2. The highest BCUT2D eigenvalue weighted by molar-refractivity contribution is 6.33. The predicted molar refractivity (Wildman–Crippen MR) is 193 cm³/mol. The van der Waals surface area contributed by atoms with Crippen LogP contribution in [0.15, 0.2) is 127 Å². The Morgan fingerprint density at radius 1 is 0.854 bits per heavy atom. The van der Waals surface area contributed by atoms with Crippen molar-refractivity contribution in [1.29, 1.82) is 5.26 Å². The van der Waals surface area contributed by atoms with E-state index in [9.17, 15) is 10.1 Å². The molecule has 238 valence electrons. The molecule has 1 saturated carbocycles. The highest BCUT2D eigenvalue weighted by atomic mass is 35.5. The molecule has 1 heterocycles. The lowest BCUT2D eigenvalue weighted by atomic mass is 9.77. The molecule has 1 amide bonds. The number of carbonyl (C=O) groups is 1. The summed E-state index contributed by atoms with van der Waals surface area (Å²) in [7, 11) is 0. The molecule has 6 nitrogen and oxygen atoms in total. The maximum absolute atomic E-state index is 13.8. The van der Waals surface area contributed by atoms with Gasteiger partial charge in [-0.15, -0.1) is 0 Å². The van der Waals surface area contributed by atoms with Crippen molar-refractivity contribution in [2.75, 3.05) is 5.32 Å². The van der Waals surface area contributed by atoms with E-state index in [0.29, 0.717) is 28.5 Å². The lowest BCUT2D eigenvalue weighted by molar-refractivity contribution is -0.123. The third kappa shape index (κ3) is 5.66. The van der Waals surface area contributed by atoms with Crippen molar-refractivity contribution < 1.29 is 4.79 Å². The number of hydrogen-bond acceptors (Lipinski definition) is 4. The molecule has 5 aromatic carbocycles. The molecule has 1 fully saturated rings. The normalized spacial score (nSPS) is 16.0. The molecule has 6 aromatic rings. The van der Waals surface area contributed by atoms with Gasteiger partial charge >= 0.3 is 0 Å². The monoisotopic (exact) mass is 649 g/mol. The molecular formula is C41H36ClN5O. The van der Waals surface area contributed by atoms with Crippen molar-refractivity contribution in [3.63, 3.8) is 0 Å². The number of nitrogens with one attached hydrogen (secondary N) is 2. The Morgan fingerprint density at radius 2 is 1.44 bits per heavy atom. The summed E-state index contributed by atoms with van der Waals surface area (Å²) in [6.45, 7) is 4.25. The molecule has 0 radical (unpaired) electrons. The lowest BCUT2D eigenvalue weighted by Gasteiger charge is -2.37. The molecular weight excluding hydrogens is 614 g/mol. The molecule has 2 N–H and O–H groups in total. The molecule has 0 saturated heterocycles. The number of nitriles is 1. The van der Waals surface area contributed by atoms with E-state index in [0.717, 1.165) is 51.6 Å². The number of nitrogens with zero attached hydrogens (tertiary/aromatic N) is 3. The zero-order valence-electron chi connectivity index (χ0n) is 26.9. The molecule has 1 aliphatic rings. The molecule has 1 aromatic heterocycles. The van der Waals surface area contributed by atoms with Crippen molar-refractivity contribution in [3.05, 3.63) is 155 Å². The van der Waals surface area contributed by atoms with E-state index in [1.807, 2.05) is 72.8 Å². The summed E-state index contributed by atoms with van der Waals surface area (Å²) in [5.74, 6) is 0.341. The van der Waals surface area contributed by atoms with Crippen LogP contribution in [-0.4, -0.2) is 27.8 Å². The zero-order chi connectivity index (χ0) is 33.3. The summed E-state index contributed by atoms with van der Waals surface area (Å²) in [5.41, 5.74) is 5.13. The van der Waals surface area contributed by atoms with Gasteiger partial charge in [-0.1, -0.05) is 123 Å². The smallest absolute Gasteiger partial charge is 0.228 e. The first-order chi connectivity index (χ1) is 23.4. The standard InChI is InChI=1S/C41H36ClN5O/c1-27(2)44-34-23-30(24-34)40(48)45-39-36-25-29(35-22-28(26-43)18-20-37(35)42)19-21-38(36)47(46-39)41(31-12-6-3-7-13-31,32-14-8-4-9-15-32)33-16-10-5-11-17-33/h3-22,25,27,30,34,44H,23-24H2,1-2H3,(H,45,46,48). The van der Waals surface area contributed by atoms with Gasteiger partial charge < -0.3 is 10.6 Å². The summed E-state index contributed by atoms with van der Waals surface area (Å²) < 4.78 is 2.05. The number of amides is 1. The number of rotatable bonds is 9. The van der Waals surface area contributed by atoms with E-state index < -0.39 is 5.54 Å². The van der Waals surface area contributed by atoms with Gasteiger partial charge in [-0.2, -0.15) is 10.4 Å². The maximum Gasteiger partial charge on any atom is 0.228 e. The minimum Gasteiger partial charge on any atom is -0.312 e. The first-order valence-corrected chi connectivity index (χ1v) is 16.7. The van der Waals surface area contributed by atoms with Crippen LogP contribution in [0.25, 0.3) is 22.0 Å². The van der Waals surface area contributed by atoms with Gasteiger partial charge in [0, 0.05) is 34.0 Å². The Hall–Kier alpha value is -5.22. The Balaban J connectivity index is 1.46. The number of aromatic nitrogens is 2. The third-order valence-corrected chi connectivity index (χ3v) is 9.63. The van der Waals surface area contributed by atoms with Crippen molar-refractivity contribution in [3.8, 4) is 17.2 Å². The van der Waals surface area contributed by atoms with Crippen LogP contribution in [0.5, 0.6) is 0 Å². The maximum atomic E-state index is 13.8.